The van der Waals surface area contributed by atoms with Gasteiger partial charge < -0.3 is 10.4 Å². The first-order valence-corrected chi connectivity index (χ1v) is 12.1. The van der Waals surface area contributed by atoms with Crippen LogP contribution in [0.15, 0.2) is 53.4 Å². The van der Waals surface area contributed by atoms with Crippen LogP contribution in [0.5, 0.6) is 0 Å². The van der Waals surface area contributed by atoms with Crippen molar-refractivity contribution in [3.8, 4) is 11.1 Å². The molecule has 0 spiro atoms. The highest BCUT2D eigenvalue weighted by molar-refractivity contribution is 7.89. The summed E-state index contributed by atoms with van der Waals surface area (Å²) < 4.78 is 27.6. The highest BCUT2D eigenvalue weighted by Crippen LogP contribution is 2.23. The average molecular weight is 481 g/mol. The predicted molar refractivity (Wildman–Crippen MR) is 125 cm³/mol. The van der Waals surface area contributed by atoms with Gasteiger partial charge in [-0.1, -0.05) is 56.6 Å². The molecule has 0 aliphatic heterocycles. The number of carboxylic acid groups (broad SMARTS) is 1. The number of rotatable bonds is 10. The van der Waals surface area contributed by atoms with Crippen molar-refractivity contribution in [3.05, 3.63) is 53.6 Å². The monoisotopic (exact) mass is 480 g/mol. The van der Waals surface area contributed by atoms with E-state index in [0.29, 0.717) is 17.9 Å². The molecule has 2 aromatic rings. The summed E-state index contributed by atoms with van der Waals surface area (Å²) in [6.45, 7) is 6.12. The topological polar surface area (TPSA) is 113 Å². The van der Waals surface area contributed by atoms with Crippen LogP contribution in [0.1, 0.15) is 40.0 Å². The minimum Gasteiger partial charge on any atom is -0.480 e. The van der Waals surface area contributed by atoms with E-state index in [1.807, 2.05) is 32.9 Å². The van der Waals surface area contributed by atoms with E-state index in [2.05, 4.69) is 10.0 Å². The van der Waals surface area contributed by atoms with Gasteiger partial charge in [-0.15, -0.1) is 0 Å². The van der Waals surface area contributed by atoms with Crippen LogP contribution >= 0.6 is 11.6 Å². The molecule has 32 heavy (non-hydrogen) atoms. The Morgan fingerprint density at radius 2 is 1.53 bits per heavy atom. The molecule has 9 heteroatoms. The molecule has 1 atom stereocenters. The van der Waals surface area contributed by atoms with E-state index >= 15 is 0 Å². The molecule has 0 saturated heterocycles. The lowest BCUT2D eigenvalue weighted by Gasteiger charge is -2.18. The van der Waals surface area contributed by atoms with Crippen molar-refractivity contribution in [1.82, 2.24) is 10.0 Å². The predicted octanol–water partition coefficient (Wildman–Crippen LogP) is 4.07. The van der Waals surface area contributed by atoms with E-state index in [-0.39, 0.29) is 29.2 Å². The normalized spacial score (nSPS) is 12.9. The highest BCUT2D eigenvalue weighted by Gasteiger charge is 2.25. The van der Waals surface area contributed by atoms with Gasteiger partial charge in [-0.25, -0.2) is 8.42 Å². The summed E-state index contributed by atoms with van der Waals surface area (Å²) in [5.74, 6) is -1.39. The number of benzene rings is 2. The Balaban J connectivity index is 1.97. The van der Waals surface area contributed by atoms with Gasteiger partial charge in [0.25, 0.3) is 0 Å². The van der Waals surface area contributed by atoms with Gasteiger partial charge in [0.15, 0.2) is 0 Å². The third-order valence-electron chi connectivity index (χ3n) is 4.62. The summed E-state index contributed by atoms with van der Waals surface area (Å²) in [5.41, 5.74) is 1.54. The zero-order valence-electron chi connectivity index (χ0n) is 18.4. The molecule has 0 aliphatic rings. The second-order valence-electron chi connectivity index (χ2n) is 8.77. The smallest absolute Gasteiger partial charge is 0.321 e. The number of sulfonamides is 1. The quantitative estimate of drug-likeness (QED) is 0.443. The Morgan fingerprint density at radius 1 is 1.00 bits per heavy atom. The highest BCUT2D eigenvalue weighted by atomic mass is 35.5. The molecule has 0 unspecified atom stereocenters. The van der Waals surface area contributed by atoms with Crippen molar-refractivity contribution in [2.24, 2.45) is 5.41 Å². The summed E-state index contributed by atoms with van der Waals surface area (Å²) in [4.78, 5) is 23.4. The van der Waals surface area contributed by atoms with Crippen molar-refractivity contribution in [3.63, 3.8) is 0 Å². The number of nitrogens with one attached hydrogen (secondary N) is 2. The number of aliphatic carboxylic acids is 1. The lowest BCUT2D eigenvalue weighted by Crippen LogP contribution is -2.41. The molecule has 0 fully saturated rings. The van der Waals surface area contributed by atoms with Gasteiger partial charge in [0, 0.05) is 18.0 Å². The van der Waals surface area contributed by atoms with Gasteiger partial charge in [0.05, 0.1) is 4.90 Å². The Bertz CT molecular complexity index is 1030. The number of hydrogen-bond donors (Lipinski definition) is 3. The molecule has 3 N–H and O–H groups in total. The number of hydrogen-bond acceptors (Lipinski definition) is 4. The van der Waals surface area contributed by atoms with Crippen LogP contribution in [0.4, 0.5) is 0 Å². The van der Waals surface area contributed by atoms with Crippen LogP contribution in [0.25, 0.3) is 11.1 Å². The Hall–Kier alpha value is -2.42. The molecule has 7 nitrogen and oxygen atoms in total. The minimum absolute atomic E-state index is 0.0278. The van der Waals surface area contributed by atoms with Crippen molar-refractivity contribution >= 4 is 33.5 Å². The molecular formula is C23H29ClN2O5S. The molecule has 1 amide bonds. The summed E-state index contributed by atoms with van der Waals surface area (Å²) in [6.07, 6.45) is 0.728. The molecule has 0 saturated carbocycles. The van der Waals surface area contributed by atoms with Gasteiger partial charge in [-0.05, 0) is 53.6 Å². The van der Waals surface area contributed by atoms with Crippen LogP contribution < -0.4 is 10.0 Å². The van der Waals surface area contributed by atoms with Crippen LogP contribution in [-0.4, -0.2) is 38.0 Å². The van der Waals surface area contributed by atoms with Gasteiger partial charge in [0.1, 0.15) is 6.04 Å². The fraction of sp³-hybridized carbons (Fsp3) is 0.391. The molecule has 0 aliphatic carbocycles. The van der Waals surface area contributed by atoms with Crippen LogP contribution in [0.3, 0.4) is 0 Å². The van der Waals surface area contributed by atoms with Crippen LogP contribution in [0, 0.1) is 5.41 Å². The lowest BCUT2D eigenvalue weighted by molar-refractivity contribution is -0.139. The Kier molecular flexibility index (Phi) is 8.83. The third-order valence-corrected chi connectivity index (χ3v) is 6.36. The molecule has 0 bridgehead atoms. The Morgan fingerprint density at radius 3 is 2.03 bits per heavy atom. The largest absolute Gasteiger partial charge is 0.480 e. The summed E-state index contributed by atoms with van der Waals surface area (Å²) >= 11 is 5.89. The first-order valence-electron chi connectivity index (χ1n) is 10.3. The zero-order chi connectivity index (χ0) is 23.9. The van der Waals surface area contributed by atoms with Gasteiger partial charge in [-0.3, -0.25) is 9.59 Å². The maximum Gasteiger partial charge on any atom is 0.321 e. The van der Waals surface area contributed by atoms with E-state index in [1.54, 1.807) is 24.3 Å². The molecule has 0 radical (unpaired) electrons. The summed E-state index contributed by atoms with van der Waals surface area (Å²) in [7, 11) is -4.03. The third kappa shape index (κ3) is 8.26. The fourth-order valence-corrected chi connectivity index (χ4v) is 4.38. The van der Waals surface area contributed by atoms with Gasteiger partial charge >= 0.3 is 5.97 Å². The van der Waals surface area contributed by atoms with E-state index in [4.69, 9.17) is 11.6 Å². The van der Waals surface area contributed by atoms with Crippen molar-refractivity contribution in [1.29, 1.82) is 0 Å². The van der Waals surface area contributed by atoms with Crippen molar-refractivity contribution in [2.75, 3.05) is 6.54 Å². The molecule has 2 aromatic carbocycles. The van der Waals surface area contributed by atoms with E-state index < -0.39 is 22.0 Å². The average Bonchev–Trinajstić information content (AvgIpc) is 2.69. The molecular weight excluding hydrogens is 452 g/mol. The maximum absolute atomic E-state index is 12.7. The fourth-order valence-electron chi connectivity index (χ4n) is 3.04. The number of halogens is 1. The van der Waals surface area contributed by atoms with E-state index in [1.165, 1.54) is 12.1 Å². The van der Waals surface area contributed by atoms with E-state index in [9.17, 15) is 23.1 Å². The number of carbonyl (C=O) groups is 2. The number of carbonyl (C=O) groups excluding carboxylic acids is 1. The van der Waals surface area contributed by atoms with Crippen LogP contribution in [0.2, 0.25) is 5.02 Å². The molecule has 0 heterocycles. The standard InChI is InChI=1S/C23H29ClN2O5S/c1-23(2,3)15-21(27)25-14-4-5-20(22(28)29)26-32(30,31)19-12-8-17(9-13-19)16-6-10-18(24)11-7-16/h6-13,20,26H,4-5,14-15H2,1-3H3,(H,25,27)(H,28,29)/t20-/m1/s1. The molecule has 174 valence electrons. The summed E-state index contributed by atoms with van der Waals surface area (Å²) in [6, 6.07) is 12.0. The zero-order valence-corrected chi connectivity index (χ0v) is 20.0. The second-order valence-corrected chi connectivity index (χ2v) is 10.9. The number of carboxylic acids is 1. The van der Waals surface area contributed by atoms with Crippen LogP contribution in [-0.2, 0) is 19.6 Å². The Labute approximate surface area is 194 Å². The minimum atomic E-state index is -4.03. The van der Waals surface area contributed by atoms with Gasteiger partial charge in [-0.2, -0.15) is 4.72 Å². The summed E-state index contributed by atoms with van der Waals surface area (Å²) in [5, 5.41) is 12.8. The van der Waals surface area contributed by atoms with E-state index in [0.717, 1.165) is 11.1 Å². The second kappa shape index (κ2) is 10.9. The molecule has 2 rings (SSSR count). The van der Waals surface area contributed by atoms with Crippen molar-refractivity contribution in [2.45, 2.75) is 51.0 Å². The SMILES string of the molecule is CC(C)(C)CC(=O)NCCC[C@@H](NS(=O)(=O)c1ccc(-c2ccc(Cl)cc2)cc1)C(=O)O. The maximum atomic E-state index is 12.7. The molecule has 0 aromatic heterocycles. The van der Waals surface area contributed by atoms with Crippen molar-refractivity contribution < 1.29 is 23.1 Å². The van der Waals surface area contributed by atoms with Gasteiger partial charge in [0.2, 0.25) is 15.9 Å². The first-order chi connectivity index (χ1) is 14.9. The number of amides is 1. The first kappa shape index (κ1) is 25.8. The lowest BCUT2D eigenvalue weighted by atomic mass is 9.92.